The summed E-state index contributed by atoms with van der Waals surface area (Å²) >= 11 is 0. The van der Waals surface area contributed by atoms with E-state index in [4.69, 9.17) is 0 Å². The maximum atomic E-state index is 13.4. The molecule has 1 aromatic heterocycles. The van der Waals surface area contributed by atoms with Gasteiger partial charge in [-0.2, -0.15) is 4.39 Å². The molecular formula is C8H5F3N2O4. The van der Waals surface area contributed by atoms with E-state index in [1.54, 1.807) is 0 Å². The van der Waals surface area contributed by atoms with Gasteiger partial charge in [-0.1, -0.05) is 0 Å². The molecule has 9 heteroatoms. The van der Waals surface area contributed by atoms with Crippen molar-refractivity contribution in [1.29, 1.82) is 0 Å². The molecule has 0 fully saturated rings. The predicted octanol–water partition coefficient (Wildman–Crippen LogP) is 1.85. The van der Waals surface area contributed by atoms with Gasteiger partial charge in [-0.25, -0.2) is 18.6 Å². The summed E-state index contributed by atoms with van der Waals surface area (Å²) in [4.78, 5) is 23.4. The highest BCUT2D eigenvalue weighted by Gasteiger charge is 2.32. The maximum Gasteiger partial charge on any atom is 0.364 e. The number of ether oxygens (including phenoxy) is 1. The number of methoxy groups -OCH3 is 1. The number of halogens is 3. The first-order valence-electron chi connectivity index (χ1n) is 4.09. The number of carbonyl (C=O) groups excluding carboxylic acids is 1. The number of rotatable bonds is 3. The number of alkyl halides is 2. The Morgan fingerprint density at radius 3 is 2.59 bits per heavy atom. The van der Waals surface area contributed by atoms with Crippen molar-refractivity contribution < 1.29 is 27.6 Å². The number of aromatic nitrogens is 1. The number of nitrogens with zero attached hydrogens (tertiary/aromatic N) is 2. The molecule has 6 nitrogen and oxygen atoms in total. The lowest BCUT2D eigenvalue weighted by Gasteiger charge is -2.04. The summed E-state index contributed by atoms with van der Waals surface area (Å²) < 4.78 is 42.0. The van der Waals surface area contributed by atoms with Gasteiger partial charge in [0.15, 0.2) is 0 Å². The Morgan fingerprint density at radius 1 is 1.59 bits per heavy atom. The molecule has 0 aliphatic heterocycles. The van der Waals surface area contributed by atoms with Crippen LogP contribution in [0.5, 0.6) is 0 Å². The van der Waals surface area contributed by atoms with E-state index in [-0.39, 0.29) is 0 Å². The Labute approximate surface area is 92.2 Å². The molecule has 0 radical (unpaired) electrons. The molecule has 1 heterocycles. The van der Waals surface area contributed by atoms with Crippen LogP contribution in [-0.4, -0.2) is 23.0 Å². The van der Waals surface area contributed by atoms with E-state index in [2.05, 4.69) is 9.72 Å². The summed E-state index contributed by atoms with van der Waals surface area (Å²) in [6.07, 6.45) is -2.91. The third-order valence-electron chi connectivity index (χ3n) is 1.81. The van der Waals surface area contributed by atoms with Crippen LogP contribution in [0.4, 0.5) is 18.9 Å². The Morgan fingerprint density at radius 2 is 2.18 bits per heavy atom. The molecule has 0 saturated heterocycles. The molecule has 0 aliphatic carbocycles. The molecular weight excluding hydrogens is 245 g/mol. The van der Waals surface area contributed by atoms with Crippen LogP contribution in [0.2, 0.25) is 0 Å². The van der Waals surface area contributed by atoms with Gasteiger partial charge >= 0.3 is 11.7 Å². The molecule has 0 atom stereocenters. The van der Waals surface area contributed by atoms with Crippen molar-refractivity contribution in [2.75, 3.05) is 7.11 Å². The van der Waals surface area contributed by atoms with Gasteiger partial charge in [0.2, 0.25) is 11.5 Å². The summed E-state index contributed by atoms with van der Waals surface area (Å²) in [6, 6.07) is 0. The number of pyridine rings is 1. The normalized spacial score (nSPS) is 10.4. The van der Waals surface area contributed by atoms with E-state index in [1.807, 2.05) is 0 Å². The van der Waals surface area contributed by atoms with Crippen LogP contribution >= 0.6 is 0 Å². The van der Waals surface area contributed by atoms with Crippen molar-refractivity contribution in [3.63, 3.8) is 0 Å². The van der Waals surface area contributed by atoms with Gasteiger partial charge in [0.1, 0.15) is 0 Å². The van der Waals surface area contributed by atoms with Gasteiger partial charge in [-0.05, 0) is 0 Å². The van der Waals surface area contributed by atoms with Crippen LogP contribution in [-0.2, 0) is 4.74 Å². The van der Waals surface area contributed by atoms with Crippen LogP contribution in [0.1, 0.15) is 22.5 Å². The van der Waals surface area contributed by atoms with E-state index >= 15 is 0 Å². The van der Waals surface area contributed by atoms with E-state index in [1.165, 1.54) is 0 Å². The van der Waals surface area contributed by atoms with Crippen LogP contribution in [0.25, 0.3) is 0 Å². The van der Waals surface area contributed by atoms with Crippen molar-refractivity contribution in [3.8, 4) is 0 Å². The van der Waals surface area contributed by atoms with Gasteiger partial charge in [0.25, 0.3) is 6.43 Å². The zero-order chi connectivity index (χ0) is 13.2. The van der Waals surface area contributed by atoms with Crippen molar-refractivity contribution in [1.82, 2.24) is 4.98 Å². The van der Waals surface area contributed by atoms with Gasteiger partial charge in [0, 0.05) is 6.20 Å². The van der Waals surface area contributed by atoms with Gasteiger partial charge in [-0.15, -0.1) is 0 Å². The third-order valence-corrected chi connectivity index (χ3v) is 1.81. The first kappa shape index (κ1) is 12.9. The predicted molar refractivity (Wildman–Crippen MR) is 47.1 cm³/mol. The average Bonchev–Trinajstić information content (AvgIpc) is 2.26. The van der Waals surface area contributed by atoms with Crippen molar-refractivity contribution in [2.24, 2.45) is 0 Å². The number of esters is 1. The molecule has 0 saturated carbocycles. The zero-order valence-electron chi connectivity index (χ0n) is 8.32. The molecule has 0 aromatic carbocycles. The number of carbonyl (C=O) groups is 1. The molecule has 17 heavy (non-hydrogen) atoms. The lowest BCUT2D eigenvalue weighted by molar-refractivity contribution is -0.388. The minimum absolute atomic E-state index is 0.360. The molecule has 92 valence electrons. The lowest BCUT2D eigenvalue weighted by Crippen LogP contribution is -2.12. The minimum atomic E-state index is -3.27. The molecule has 1 rings (SSSR count). The number of nitro groups is 1. The van der Waals surface area contributed by atoms with Gasteiger partial charge < -0.3 is 4.74 Å². The van der Waals surface area contributed by atoms with Crippen molar-refractivity contribution in [2.45, 2.75) is 6.43 Å². The standard InChI is InChI=1S/C8H5F3N2O4/c1-17-8(14)5-6(13(15)16)4(9)3(2-12-5)7(10)11/h2,7H,1H3. The molecule has 0 N–H and O–H groups in total. The average molecular weight is 250 g/mol. The fourth-order valence-corrected chi connectivity index (χ4v) is 1.06. The lowest BCUT2D eigenvalue weighted by atomic mass is 10.2. The summed E-state index contributed by atoms with van der Waals surface area (Å²) in [5.41, 5.74) is -3.63. The zero-order valence-corrected chi connectivity index (χ0v) is 8.32. The number of hydrogen-bond acceptors (Lipinski definition) is 5. The molecule has 0 aliphatic rings. The maximum absolute atomic E-state index is 13.4. The van der Waals surface area contributed by atoms with E-state index in [9.17, 15) is 28.1 Å². The van der Waals surface area contributed by atoms with E-state index in [0.29, 0.717) is 6.20 Å². The quantitative estimate of drug-likeness (QED) is 0.464. The SMILES string of the molecule is COC(=O)c1ncc(C(F)F)c(F)c1[N+](=O)[O-]. The molecule has 0 amide bonds. The molecule has 0 unspecified atom stereocenters. The van der Waals surface area contributed by atoms with Crippen LogP contribution in [0.15, 0.2) is 6.20 Å². The Bertz CT molecular complexity index is 478. The fraction of sp³-hybridized carbons (Fsp3) is 0.250. The summed E-state index contributed by atoms with van der Waals surface area (Å²) in [7, 11) is 0.896. The fourth-order valence-electron chi connectivity index (χ4n) is 1.06. The topological polar surface area (TPSA) is 82.3 Å². The molecule has 1 aromatic rings. The van der Waals surface area contributed by atoms with Crippen LogP contribution in [0.3, 0.4) is 0 Å². The highest BCUT2D eigenvalue weighted by molar-refractivity contribution is 5.91. The monoisotopic (exact) mass is 250 g/mol. The van der Waals surface area contributed by atoms with E-state index < -0.39 is 40.1 Å². The summed E-state index contributed by atoms with van der Waals surface area (Å²) in [6.45, 7) is 0. The minimum Gasteiger partial charge on any atom is -0.464 e. The Balaban J connectivity index is 3.50. The van der Waals surface area contributed by atoms with Crippen LogP contribution in [0, 0.1) is 15.9 Å². The largest absolute Gasteiger partial charge is 0.464 e. The second-order valence-corrected chi connectivity index (χ2v) is 2.77. The first-order chi connectivity index (χ1) is 7.90. The summed E-state index contributed by atoms with van der Waals surface area (Å²) in [5.74, 6) is -3.07. The summed E-state index contributed by atoms with van der Waals surface area (Å²) in [5, 5.41) is 10.5. The smallest absolute Gasteiger partial charge is 0.364 e. The highest BCUT2D eigenvalue weighted by atomic mass is 19.3. The molecule has 0 bridgehead atoms. The van der Waals surface area contributed by atoms with Gasteiger partial charge in [0.05, 0.1) is 17.6 Å². The second-order valence-electron chi connectivity index (χ2n) is 2.77. The van der Waals surface area contributed by atoms with E-state index in [0.717, 1.165) is 7.11 Å². The van der Waals surface area contributed by atoms with Crippen molar-refractivity contribution in [3.05, 3.63) is 33.4 Å². The highest BCUT2D eigenvalue weighted by Crippen LogP contribution is 2.29. The number of hydrogen-bond donors (Lipinski definition) is 0. The Kier molecular flexibility index (Phi) is 3.61. The van der Waals surface area contributed by atoms with Crippen LogP contribution < -0.4 is 0 Å². The second kappa shape index (κ2) is 4.76. The first-order valence-corrected chi connectivity index (χ1v) is 4.09. The molecule has 0 spiro atoms. The third kappa shape index (κ3) is 2.32. The van der Waals surface area contributed by atoms with Gasteiger partial charge in [-0.3, -0.25) is 10.1 Å². The van der Waals surface area contributed by atoms with Crippen molar-refractivity contribution >= 4 is 11.7 Å². The Hall–Kier alpha value is -2.19.